The molecule has 0 saturated carbocycles. The number of methoxy groups -OCH3 is 2. The van der Waals surface area contributed by atoms with Gasteiger partial charge in [0.15, 0.2) is 17.6 Å². The minimum absolute atomic E-state index is 0.0525. The molecule has 3 aromatic carbocycles. The van der Waals surface area contributed by atoms with Crippen LogP contribution < -0.4 is 20.3 Å². The Labute approximate surface area is 384 Å². The summed E-state index contributed by atoms with van der Waals surface area (Å²) < 4.78 is 43.1. The molecule has 65 heavy (non-hydrogen) atoms. The number of rotatable bonds is 22. The molecule has 15 heteroatoms. The summed E-state index contributed by atoms with van der Waals surface area (Å²) in [5.74, 6) is 8.44. The van der Waals surface area contributed by atoms with E-state index in [0.29, 0.717) is 59.5 Å². The summed E-state index contributed by atoms with van der Waals surface area (Å²) in [6.45, 7) is 15.5. The first-order chi connectivity index (χ1) is 31.4. The van der Waals surface area contributed by atoms with Crippen LogP contribution in [-0.4, -0.2) is 82.7 Å². The maximum absolute atomic E-state index is 13.9. The maximum atomic E-state index is 13.9. The Morgan fingerprint density at radius 3 is 2.14 bits per heavy atom. The van der Waals surface area contributed by atoms with Crippen LogP contribution in [0.2, 0.25) is 0 Å². The highest BCUT2D eigenvalue weighted by atomic mass is 31.2. The van der Waals surface area contributed by atoms with Crippen molar-refractivity contribution in [2.75, 3.05) is 39.3 Å². The van der Waals surface area contributed by atoms with Crippen LogP contribution in [0.15, 0.2) is 83.7 Å². The smallest absolute Gasteiger partial charge is 0.264 e. The molecule has 1 fully saturated rings. The number of H-pyrrole nitrogens is 1. The summed E-state index contributed by atoms with van der Waals surface area (Å²) >= 11 is 0. The maximum Gasteiger partial charge on any atom is 0.264 e. The number of ether oxygens (including phenoxy) is 4. The lowest BCUT2D eigenvalue weighted by Gasteiger charge is -2.39. The molecule has 14 nitrogen and oxygen atoms in total. The Balaban J connectivity index is 1.49. The number of benzene rings is 3. The van der Waals surface area contributed by atoms with Gasteiger partial charge in [0.05, 0.1) is 46.0 Å². The van der Waals surface area contributed by atoms with Crippen molar-refractivity contribution in [3.63, 3.8) is 0 Å². The number of hydrogen-bond donors (Lipinski definition) is 2. The predicted octanol–water partition coefficient (Wildman–Crippen LogP) is 9.70. The molecule has 346 valence electrons. The van der Waals surface area contributed by atoms with Crippen molar-refractivity contribution in [3.05, 3.63) is 112 Å². The van der Waals surface area contributed by atoms with Crippen LogP contribution >= 0.6 is 8.53 Å². The molecule has 1 saturated heterocycles. The van der Waals surface area contributed by atoms with Crippen LogP contribution in [0.3, 0.4) is 0 Å². The van der Waals surface area contributed by atoms with Crippen molar-refractivity contribution in [1.29, 1.82) is 5.26 Å². The summed E-state index contributed by atoms with van der Waals surface area (Å²) in [4.78, 5) is 21.7. The van der Waals surface area contributed by atoms with Crippen LogP contribution in [0.25, 0.3) is 11.0 Å². The largest absolute Gasteiger partial charge is 0.497 e. The Morgan fingerprint density at radius 2 is 1.57 bits per heavy atom. The van der Waals surface area contributed by atoms with E-state index in [1.54, 1.807) is 18.9 Å². The second-order valence-electron chi connectivity index (χ2n) is 17.0. The molecule has 0 radical (unpaired) electrons. The Hall–Kier alpha value is -5.31. The first-order valence-electron chi connectivity index (χ1n) is 22.6. The average Bonchev–Trinajstić information content (AvgIpc) is 3.88. The number of aromatic nitrogens is 4. The van der Waals surface area contributed by atoms with Gasteiger partial charge in [-0.15, -0.1) is 0 Å². The van der Waals surface area contributed by atoms with Gasteiger partial charge in [0.1, 0.15) is 28.6 Å². The fourth-order valence-corrected chi connectivity index (χ4v) is 9.69. The first-order valence-corrected chi connectivity index (χ1v) is 23.7. The Morgan fingerprint density at radius 1 is 0.938 bits per heavy atom. The number of fused-ring (bicyclic) bond motifs is 1. The van der Waals surface area contributed by atoms with E-state index in [4.69, 9.17) is 38.1 Å². The van der Waals surface area contributed by atoms with E-state index in [1.807, 2.05) is 66.7 Å². The van der Waals surface area contributed by atoms with Crippen LogP contribution in [0.4, 0.5) is 5.95 Å². The number of unbranched alkanes of at least 4 members (excludes halogenated alkanes) is 2. The minimum Gasteiger partial charge on any atom is -0.497 e. The van der Waals surface area contributed by atoms with Gasteiger partial charge in [-0.05, 0) is 86.9 Å². The van der Waals surface area contributed by atoms with Gasteiger partial charge in [-0.1, -0.05) is 87.7 Å². The third kappa shape index (κ3) is 11.8. The van der Waals surface area contributed by atoms with Crippen molar-refractivity contribution < 1.29 is 28.0 Å². The van der Waals surface area contributed by atoms with Crippen LogP contribution in [0.5, 0.6) is 11.5 Å². The highest BCUT2D eigenvalue weighted by molar-refractivity contribution is 7.44. The van der Waals surface area contributed by atoms with E-state index in [2.05, 4.69) is 93.5 Å². The van der Waals surface area contributed by atoms with Gasteiger partial charge in [-0.3, -0.25) is 9.78 Å². The molecule has 1 unspecified atom stereocenters. The van der Waals surface area contributed by atoms with Gasteiger partial charge >= 0.3 is 0 Å². The zero-order chi connectivity index (χ0) is 46.5. The van der Waals surface area contributed by atoms with Gasteiger partial charge in [0.25, 0.3) is 14.1 Å². The lowest BCUT2D eigenvalue weighted by atomic mass is 9.80. The predicted molar refractivity (Wildman–Crippen MR) is 255 cm³/mol. The molecule has 3 heterocycles. The average molecular weight is 906 g/mol. The van der Waals surface area contributed by atoms with Crippen molar-refractivity contribution in [2.24, 2.45) is 5.92 Å². The highest BCUT2D eigenvalue weighted by Gasteiger charge is 2.45. The summed E-state index contributed by atoms with van der Waals surface area (Å²) in [6.07, 6.45) is 1.07. The van der Waals surface area contributed by atoms with Crippen LogP contribution in [0, 0.1) is 29.1 Å². The molecule has 2 aromatic heterocycles. The molecule has 0 aliphatic carbocycles. The third-order valence-electron chi connectivity index (χ3n) is 11.1. The number of nitrogens with one attached hydrogen (secondary N) is 2. The topological polar surface area (TPSA) is 158 Å². The SMILES string of the molecule is CCCCC#Cc1nn([C@H]2C[C@H](OP(OCCC#N)N(C(C)C)C(C)C)[C@@H](COC(c3ccccc3)(c3ccc(OC)cc3)c3ccc(OC)cc3)O2)c2nc(NCC(C)C)[nH]c(=O)c12. The zero-order valence-corrected chi connectivity index (χ0v) is 40.1. The summed E-state index contributed by atoms with van der Waals surface area (Å²) in [5, 5.41) is 18.0. The molecule has 1 aliphatic heterocycles. The lowest BCUT2D eigenvalue weighted by molar-refractivity contribution is -0.0931. The molecule has 2 N–H and O–H groups in total. The molecule has 0 bridgehead atoms. The molecule has 6 rings (SSSR count). The quantitative estimate of drug-likeness (QED) is 0.0294. The van der Waals surface area contributed by atoms with E-state index < -0.39 is 32.6 Å². The molecule has 1 aliphatic rings. The van der Waals surface area contributed by atoms with E-state index in [0.717, 1.165) is 29.5 Å². The summed E-state index contributed by atoms with van der Waals surface area (Å²) in [7, 11) is 1.59. The van der Waals surface area contributed by atoms with E-state index >= 15 is 0 Å². The summed E-state index contributed by atoms with van der Waals surface area (Å²) in [5.41, 5.74) is 1.81. The number of nitriles is 1. The lowest BCUT2D eigenvalue weighted by Crippen LogP contribution is -2.39. The normalized spacial score (nSPS) is 16.8. The van der Waals surface area contributed by atoms with E-state index in [-0.39, 0.29) is 37.3 Å². The van der Waals surface area contributed by atoms with Gasteiger partial charge in [0.2, 0.25) is 5.95 Å². The molecular weight excluding hydrogens is 842 g/mol. The second-order valence-corrected chi connectivity index (χ2v) is 18.4. The van der Waals surface area contributed by atoms with Gasteiger partial charge in [-0.2, -0.15) is 15.3 Å². The number of anilines is 1. The van der Waals surface area contributed by atoms with Crippen molar-refractivity contribution in [1.82, 2.24) is 24.4 Å². The Bertz CT molecular complexity index is 2380. The van der Waals surface area contributed by atoms with Crippen LogP contribution in [-0.2, 0) is 24.1 Å². The highest BCUT2D eigenvalue weighted by Crippen LogP contribution is 2.51. The van der Waals surface area contributed by atoms with Crippen LogP contribution in [0.1, 0.15) is 109 Å². The van der Waals surface area contributed by atoms with Gasteiger partial charge in [0, 0.05) is 31.5 Å². The zero-order valence-electron chi connectivity index (χ0n) is 39.2. The number of hydrogen-bond acceptors (Lipinski definition) is 12. The number of nitrogens with zero attached hydrogens (tertiary/aromatic N) is 5. The van der Waals surface area contributed by atoms with E-state index in [1.165, 1.54) is 0 Å². The van der Waals surface area contributed by atoms with Gasteiger partial charge < -0.3 is 33.3 Å². The van der Waals surface area contributed by atoms with Crippen molar-refractivity contribution in [2.45, 2.75) is 117 Å². The molecular formula is C50H64N7O7P. The second kappa shape index (κ2) is 23.2. The van der Waals surface area contributed by atoms with E-state index in [9.17, 15) is 10.1 Å². The van der Waals surface area contributed by atoms with Crippen molar-refractivity contribution >= 4 is 25.5 Å². The fourth-order valence-electron chi connectivity index (χ4n) is 7.93. The third-order valence-corrected chi connectivity index (χ3v) is 13.2. The fraction of sp³-hybridized carbons (Fsp3) is 0.480. The monoisotopic (exact) mass is 905 g/mol. The molecule has 0 amide bonds. The molecule has 5 aromatic rings. The number of aromatic amines is 1. The van der Waals surface area contributed by atoms with Gasteiger partial charge in [-0.25, -0.2) is 9.35 Å². The first kappa shape index (κ1) is 49.1. The minimum atomic E-state index is -1.70. The van der Waals surface area contributed by atoms with Crippen molar-refractivity contribution in [3.8, 4) is 29.4 Å². The molecule has 4 atom stereocenters. The molecule has 0 spiro atoms. The Kier molecular flexibility index (Phi) is 17.6. The summed E-state index contributed by atoms with van der Waals surface area (Å²) in [6, 6.07) is 28.2. The standard InChI is InChI=1S/C50H64N7O7P/c1-10-11-12-16-20-42-46-47(53-49(54-48(46)58)52-32-34(2)3)56(55-42)45-31-43(64-65(62-30-17-29-51)57(35(4)5)36(6)7)44(63-45)33-61-50(37-18-14-13-15-19-37,38-21-25-40(59-8)26-22-38)39-23-27-41(60-9)28-24-39/h13-15,18-19,21-28,34-36,43-45H,10-12,17,30-33H2,1-9H3,(H2,52,53,54,58)/t43-,44+,45+,65?/m0/s1.